The molecule has 1 aromatic carbocycles. The van der Waals surface area contributed by atoms with Crippen molar-refractivity contribution in [3.05, 3.63) is 24.3 Å². The summed E-state index contributed by atoms with van der Waals surface area (Å²) in [5, 5.41) is 0. The Balaban J connectivity index is 1.59. The van der Waals surface area contributed by atoms with Gasteiger partial charge in [0.15, 0.2) is 0 Å². The third-order valence-electron chi connectivity index (χ3n) is 4.15. The Morgan fingerprint density at radius 3 is 2.74 bits per heavy atom. The van der Waals surface area contributed by atoms with Gasteiger partial charge in [-0.2, -0.15) is 11.8 Å². The number of anilines is 1. The van der Waals surface area contributed by atoms with Crippen LogP contribution in [0.2, 0.25) is 0 Å². The Kier molecular flexibility index (Phi) is 4.18. The second-order valence-electron chi connectivity index (χ2n) is 5.24. The lowest BCUT2D eigenvalue weighted by Gasteiger charge is -2.39. The minimum atomic E-state index is 0.831. The molecule has 104 valence electrons. The van der Waals surface area contributed by atoms with Gasteiger partial charge >= 0.3 is 0 Å². The normalized spacial score (nSPS) is 24.7. The fourth-order valence-electron chi connectivity index (χ4n) is 2.96. The minimum Gasteiger partial charge on any atom is -0.497 e. The number of thioether (sulfide) groups is 1. The molecule has 2 aliphatic rings. The van der Waals surface area contributed by atoms with Crippen molar-refractivity contribution in [1.82, 2.24) is 4.90 Å². The summed E-state index contributed by atoms with van der Waals surface area (Å²) in [5.41, 5.74) is 1.29. The van der Waals surface area contributed by atoms with E-state index in [-0.39, 0.29) is 0 Å². The average molecular weight is 278 g/mol. The molecule has 2 saturated heterocycles. The zero-order chi connectivity index (χ0) is 13.1. The van der Waals surface area contributed by atoms with E-state index in [2.05, 4.69) is 39.8 Å². The second-order valence-corrected chi connectivity index (χ2v) is 6.39. The molecular weight excluding hydrogens is 256 g/mol. The topological polar surface area (TPSA) is 15.7 Å². The second kappa shape index (κ2) is 6.06. The van der Waals surface area contributed by atoms with Gasteiger partial charge in [-0.1, -0.05) is 6.07 Å². The molecule has 1 atom stereocenters. The van der Waals surface area contributed by atoms with E-state index in [0.717, 1.165) is 24.9 Å². The fraction of sp³-hybridized carbons (Fsp3) is 0.600. The average Bonchev–Trinajstić information content (AvgIpc) is 3.02. The number of piperazine rings is 1. The Labute approximate surface area is 119 Å². The highest BCUT2D eigenvalue weighted by molar-refractivity contribution is 7.99. The summed E-state index contributed by atoms with van der Waals surface area (Å²) >= 11 is 2.11. The van der Waals surface area contributed by atoms with Crippen molar-refractivity contribution in [3.63, 3.8) is 0 Å². The van der Waals surface area contributed by atoms with Gasteiger partial charge in [-0.15, -0.1) is 0 Å². The van der Waals surface area contributed by atoms with Crippen LogP contribution in [-0.2, 0) is 0 Å². The van der Waals surface area contributed by atoms with Crippen LogP contribution in [0.15, 0.2) is 24.3 Å². The summed E-state index contributed by atoms with van der Waals surface area (Å²) in [4.78, 5) is 5.15. The Hall–Kier alpha value is -0.870. The van der Waals surface area contributed by atoms with Crippen LogP contribution in [0.5, 0.6) is 5.75 Å². The molecule has 19 heavy (non-hydrogen) atoms. The number of rotatable bonds is 3. The van der Waals surface area contributed by atoms with Crippen molar-refractivity contribution >= 4 is 17.4 Å². The highest BCUT2D eigenvalue weighted by Gasteiger charge is 2.26. The summed E-state index contributed by atoms with van der Waals surface area (Å²) in [6.45, 7) is 4.66. The first-order chi connectivity index (χ1) is 9.36. The quantitative estimate of drug-likeness (QED) is 0.843. The van der Waals surface area contributed by atoms with E-state index >= 15 is 0 Å². The standard InChI is InChI=1S/C15H22N2OS/c1-18-15-4-2-3-13(11-15)16-6-8-17(9-7-16)14-5-10-19-12-14/h2-4,11,14H,5-10,12H2,1H3. The molecule has 0 N–H and O–H groups in total. The molecule has 2 fully saturated rings. The van der Waals surface area contributed by atoms with Crippen LogP contribution in [0.4, 0.5) is 5.69 Å². The monoisotopic (exact) mass is 278 g/mol. The van der Waals surface area contributed by atoms with Crippen LogP contribution in [-0.4, -0.2) is 55.7 Å². The van der Waals surface area contributed by atoms with Gasteiger partial charge in [-0.05, 0) is 24.3 Å². The number of hydrogen-bond acceptors (Lipinski definition) is 4. The fourth-order valence-corrected chi connectivity index (χ4v) is 4.22. The van der Waals surface area contributed by atoms with Crippen LogP contribution in [0, 0.1) is 0 Å². The van der Waals surface area contributed by atoms with E-state index in [1.165, 1.54) is 36.7 Å². The molecule has 1 unspecified atom stereocenters. The largest absolute Gasteiger partial charge is 0.497 e. The third-order valence-corrected chi connectivity index (χ3v) is 5.30. The lowest BCUT2D eigenvalue weighted by atomic mass is 10.1. The Bertz CT molecular complexity index is 412. The Morgan fingerprint density at radius 1 is 1.21 bits per heavy atom. The predicted molar refractivity (Wildman–Crippen MR) is 82.5 cm³/mol. The molecule has 0 amide bonds. The number of benzene rings is 1. The van der Waals surface area contributed by atoms with Crippen LogP contribution < -0.4 is 9.64 Å². The minimum absolute atomic E-state index is 0.831. The van der Waals surface area contributed by atoms with Crippen molar-refractivity contribution in [2.24, 2.45) is 0 Å². The van der Waals surface area contributed by atoms with Gasteiger partial charge in [0.1, 0.15) is 5.75 Å². The van der Waals surface area contributed by atoms with Gasteiger partial charge < -0.3 is 9.64 Å². The lowest BCUT2D eigenvalue weighted by molar-refractivity contribution is 0.201. The molecule has 0 aliphatic carbocycles. The summed E-state index contributed by atoms with van der Waals surface area (Å²) < 4.78 is 5.31. The molecule has 2 aliphatic heterocycles. The van der Waals surface area contributed by atoms with Gasteiger partial charge in [0.05, 0.1) is 7.11 Å². The van der Waals surface area contributed by atoms with Crippen LogP contribution in [0.25, 0.3) is 0 Å². The molecule has 2 heterocycles. The zero-order valence-electron chi connectivity index (χ0n) is 11.5. The van der Waals surface area contributed by atoms with Crippen LogP contribution >= 0.6 is 11.8 Å². The van der Waals surface area contributed by atoms with Gasteiger partial charge in [0.25, 0.3) is 0 Å². The first-order valence-corrected chi connectivity index (χ1v) is 8.23. The first-order valence-electron chi connectivity index (χ1n) is 7.07. The first kappa shape index (κ1) is 13.1. The van der Waals surface area contributed by atoms with E-state index in [4.69, 9.17) is 4.74 Å². The van der Waals surface area contributed by atoms with E-state index in [1.54, 1.807) is 7.11 Å². The molecule has 0 aromatic heterocycles. The predicted octanol–water partition coefficient (Wildman–Crippen LogP) is 2.32. The van der Waals surface area contributed by atoms with E-state index < -0.39 is 0 Å². The maximum atomic E-state index is 5.31. The molecule has 0 saturated carbocycles. The maximum Gasteiger partial charge on any atom is 0.120 e. The van der Waals surface area contributed by atoms with Crippen molar-refractivity contribution in [3.8, 4) is 5.75 Å². The number of nitrogens with zero attached hydrogens (tertiary/aromatic N) is 2. The van der Waals surface area contributed by atoms with Crippen LogP contribution in [0.3, 0.4) is 0 Å². The van der Waals surface area contributed by atoms with Gasteiger partial charge in [0.2, 0.25) is 0 Å². The molecule has 3 nitrogen and oxygen atoms in total. The van der Waals surface area contributed by atoms with Crippen molar-refractivity contribution in [2.45, 2.75) is 12.5 Å². The van der Waals surface area contributed by atoms with E-state index in [9.17, 15) is 0 Å². The number of ether oxygens (including phenoxy) is 1. The van der Waals surface area contributed by atoms with Crippen molar-refractivity contribution in [2.75, 3.05) is 49.7 Å². The maximum absolute atomic E-state index is 5.31. The Morgan fingerprint density at radius 2 is 2.05 bits per heavy atom. The number of methoxy groups -OCH3 is 1. The molecule has 3 rings (SSSR count). The third kappa shape index (κ3) is 3.00. The molecule has 4 heteroatoms. The smallest absolute Gasteiger partial charge is 0.120 e. The summed E-state index contributed by atoms with van der Waals surface area (Å²) in [6.07, 6.45) is 1.38. The summed E-state index contributed by atoms with van der Waals surface area (Å²) in [5.74, 6) is 3.63. The molecular formula is C15H22N2OS. The highest BCUT2D eigenvalue weighted by atomic mass is 32.2. The molecule has 0 bridgehead atoms. The SMILES string of the molecule is COc1cccc(N2CCN(C3CCSC3)CC2)c1. The van der Waals surface area contributed by atoms with E-state index in [1.807, 2.05) is 6.07 Å². The van der Waals surface area contributed by atoms with E-state index in [0.29, 0.717) is 0 Å². The molecule has 0 spiro atoms. The summed E-state index contributed by atoms with van der Waals surface area (Å²) in [7, 11) is 1.73. The number of hydrogen-bond donors (Lipinski definition) is 0. The van der Waals surface area contributed by atoms with Gasteiger partial charge in [0, 0.05) is 49.7 Å². The van der Waals surface area contributed by atoms with Gasteiger partial charge in [-0.25, -0.2) is 0 Å². The highest BCUT2D eigenvalue weighted by Crippen LogP contribution is 2.26. The molecule has 0 radical (unpaired) electrons. The lowest BCUT2D eigenvalue weighted by Crippen LogP contribution is -2.50. The summed E-state index contributed by atoms with van der Waals surface area (Å²) in [6, 6.07) is 9.24. The van der Waals surface area contributed by atoms with Crippen molar-refractivity contribution in [1.29, 1.82) is 0 Å². The van der Waals surface area contributed by atoms with Gasteiger partial charge in [-0.3, -0.25) is 4.90 Å². The van der Waals surface area contributed by atoms with Crippen LogP contribution in [0.1, 0.15) is 6.42 Å². The zero-order valence-corrected chi connectivity index (χ0v) is 12.4. The van der Waals surface area contributed by atoms with Crippen molar-refractivity contribution < 1.29 is 4.74 Å². The molecule has 1 aromatic rings.